The molecule has 33 heavy (non-hydrogen) atoms. The summed E-state index contributed by atoms with van der Waals surface area (Å²) in [6.45, 7) is 6.84. The number of Topliss-reactive ketones (excluding diaryl/α,β-unsaturated/α-hetero) is 1. The van der Waals surface area contributed by atoms with Crippen LogP contribution in [0, 0.1) is 35.0 Å². The molecule has 0 spiro atoms. The van der Waals surface area contributed by atoms with Gasteiger partial charge in [-0.25, -0.2) is 0 Å². The molecule has 3 saturated carbocycles. The van der Waals surface area contributed by atoms with Gasteiger partial charge in [-0.05, 0) is 94.3 Å². The molecular weight excluding hydrogens is 408 g/mol. The minimum atomic E-state index is -0.895. The molecule has 3 aliphatic carbocycles. The predicted molar refractivity (Wildman–Crippen MR) is 136 cm³/mol. The van der Waals surface area contributed by atoms with Crippen LogP contribution in [0.5, 0.6) is 0 Å². The first kappa shape index (κ1) is 26.7. The number of ketones is 1. The van der Waals surface area contributed by atoms with Crippen LogP contribution in [0.25, 0.3) is 0 Å². The minimum Gasteiger partial charge on any atom is -0.465 e. The van der Waals surface area contributed by atoms with Crippen LogP contribution in [0.2, 0.25) is 0 Å². The van der Waals surface area contributed by atoms with Gasteiger partial charge >= 0.3 is 5.97 Å². The lowest BCUT2D eigenvalue weighted by atomic mass is 9.62. The lowest BCUT2D eigenvalue weighted by Crippen LogP contribution is -2.44. The van der Waals surface area contributed by atoms with Gasteiger partial charge in [-0.1, -0.05) is 65.2 Å². The van der Waals surface area contributed by atoms with E-state index in [0.717, 1.165) is 37.0 Å². The van der Waals surface area contributed by atoms with E-state index in [9.17, 15) is 9.59 Å². The van der Waals surface area contributed by atoms with Gasteiger partial charge in [0.15, 0.2) is 0 Å². The number of esters is 1. The van der Waals surface area contributed by atoms with Gasteiger partial charge in [0, 0.05) is 6.42 Å². The Hall–Kier alpha value is -0.860. The highest BCUT2D eigenvalue weighted by Gasteiger charge is 2.47. The van der Waals surface area contributed by atoms with Gasteiger partial charge in [-0.2, -0.15) is 0 Å². The van der Waals surface area contributed by atoms with Crippen LogP contribution in [0.15, 0.2) is 0 Å². The summed E-state index contributed by atoms with van der Waals surface area (Å²) in [5, 5.41) is 0. The maximum absolute atomic E-state index is 13.1. The molecule has 0 saturated heterocycles. The Labute approximate surface area is 204 Å². The summed E-state index contributed by atoms with van der Waals surface area (Å²) in [4.78, 5) is 25.8. The molecule has 0 bridgehead atoms. The monoisotopic (exact) mass is 460 g/mol. The second-order valence-corrected chi connectivity index (χ2v) is 12.1. The van der Waals surface area contributed by atoms with Crippen LogP contribution in [-0.2, 0) is 14.3 Å². The summed E-state index contributed by atoms with van der Waals surface area (Å²) >= 11 is 0. The Balaban J connectivity index is 1.37. The van der Waals surface area contributed by atoms with Gasteiger partial charge in [0.2, 0.25) is 0 Å². The van der Waals surface area contributed by atoms with Crippen LogP contribution in [-0.4, -0.2) is 18.4 Å². The Morgan fingerprint density at radius 3 is 1.94 bits per heavy atom. The van der Waals surface area contributed by atoms with Crippen LogP contribution in [0.3, 0.4) is 0 Å². The zero-order chi connectivity index (χ0) is 23.7. The third-order valence-electron chi connectivity index (χ3n) is 9.75. The third-order valence-corrected chi connectivity index (χ3v) is 9.75. The number of carbonyl (C=O) groups is 2. The van der Waals surface area contributed by atoms with Gasteiger partial charge in [0.05, 0.1) is 6.61 Å². The van der Waals surface area contributed by atoms with Crippen molar-refractivity contribution in [3.05, 3.63) is 0 Å². The molecule has 0 aromatic heterocycles. The fourth-order valence-electron chi connectivity index (χ4n) is 7.27. The first-order chi connectivity index (χ1) is 16.0. The van der Waals surface area contributed by atoms with Crippen LogP contribution in [0.4, 0.5) is 0 Å². The highest BCUT2D eigenvalue weighted by molar-refractivity contribution is 6.04. The normalized spacial score (nSPS) is 35.4. The first-order valence-corrected chi connectivity index (χ1v) is 14.7. The highest BCUT2D eigenvalue weighted by Crippen LogP contribution is 2.47. The molecule has 2 atom stereocenters. The van der Waals surface area contributed by atoms with Crippen molar-refractivity contribution in [3.63, 3.8) is 0 Å². The summed E-state index contributed by atoms with van der Waals surface area (Å²) in [7, 11) is 0. The van der Waals surface area contributed by atoms with Crippen molar-refractivity contribution in [2.24, 2.45) is 35.0 Å². The van der Waals surface area contributed by atoms with Crippen LogP contribution >= 0.6 is 0 Å². The number of carbonyl (C=O) groups excluding carboxylic acids is 2. The van der Waals surface area contributed by atoms with E-state index in [1.807, 2.05) is 6.92 Å². The fraction of sp³-hybridized carbons (Fsp3) is 0.933. The average molecular weight is 461 g/mol. The van der Waals surface area contributed by atoms with E-state index in [1.165, 1.54) is 83.5 Å². The molecule has 0 unspecified atom stereocenters. The van der Waals surface area contributed by atoms with Crippen molar-refractivity contribution < 1.29 is 14.3 Å². The van der Waals surface area contributed by atoms with Gasteiger partial charge in [0.25, 0.3) is 0 Å². The summed E-state index contributed by atoms with van der Waals surface area (Å²) in [6.07, 6.45) is 22.0. The zero-order valence-electron chi connectivity index (χ0n) is 22.0. The smallest absolute Gasteiger partial charge is 0.319 e. The van der Waals surface area contributed by atoms with Gasteiger partial charge in [0.1, 0.15) is 11.2 Å². The van der Waals surface area contributed by atoms with Crippen molar-refractivity contribution in [2.45, 2.75) is 136 Å². The van der Waals surface area contributed by atoms with Gasteiger partial charge in [-0.15, -0.1) is 0 Å². The molecule has 190 valence electrons. The van der Waals surface area contributed by atoms with Crippen molar-refractivity contribution in [3.8, 4) is 0 Å². The number of hydrogen-bond donors (Lipinski definition) is 0. The van der Waals surface area contributed by atoms with Gasteiger partial charge in [-0.3, -0.25) is 9.59 Å². The lowest BCUT2D eigenvalue weighted by molar-refractivity contribution is -0.162. The quantitative estimate of drug-likeness (QED) is 0.177. The maximum atomic E-state index is 13.1. The molecule has 0 amide bonds. The Bertz CT molecular complexity index is 598. The van der Waals surface area contributed by atoms with Crippen molar-refractivity contribution >= 4 is 11.8 Å². The molecular formula is C30H52O3. The summed E-state index contributed by atoms with van der Waals surface area (Å²) in [5.74, 6) is 3.97. The van der Waals surface area contributed by atoms with E-state index in [4.69, 9.17) is 4.74 Å². The summed E-state index contributed by atoms with van der Waals surface area (Å²) < 4.78 is 5.56. The van der Waals surface area contributed by atoms with E-state index in [1.54, 1.807) is 0 Å². The molecule has 3 rings (SSSR count). The average Bonchev–Trinajstić information content (AvgIpc) is 2.84. The maximum Gasteiger partial charge on any atom is 0.319 e. The Kier molecular flexibility index (Phi) is 10.8. The molecule has 0 radical (unpaired) electrons. The van der Waals surface area contributed by atoms with Crippen molar-refractivity contribution in [2.75, 3.05) is 6.61 Å². The number of ether oxygens (including phenoxy) is 1. The fourth-order valence-corrected chi connectivity index (χ4v) is 7.27. The highest BCUT2D eigenvalue weighted by atomic mass is 16.5. The number of rotatable bonds is 11. The standard InChI is InChI=1S/C30H52O3/c1-4-6-7-8-9-21-33-29(32)30(3)20-19-27(22-28(30)31)26-17-15-25(16-18-26)24-13-11-23(10-5-2)12-14-24/h23-27H,4-22H2,1-3H3/t23-,24-,25?,26?,27-,30+/m1/s1. The largest absolute Gasteiger partial charge is 0.465 e. The summed E-state index contributed by atoms with van der Waals surface area (Å²) in [6, 6.07) is 0. The summed E-state index contributed by atoms with van der Waals surface area (Å²) in [5.41, 5.74) is -0.895. The minimum absolute atomic E-state index is 0.145. The topological polar surface area (TPSA) is 43.4 Å². The van der Waals surface area contributed by atoms with Crippen LogP contribution < -0.4 is 0 Å². The molecule has 0 heterocycles. The SMILES string of the molecule is CCCCCCCOC(=O)[C@@]1(C)CC[C@@H](C2CCC([C@H]3CC[C@H](CCC)CC3)CC2)CC1=O. The Morgan fingerprint density at radius 2 is 1.36 bits per heavy atom. The molecule has 0 aliphatic heterocycles. The number of hydrogen-bond acceptors (Lipinski definition) is 3. The first-order valence-electron chi connectivity index (χ1n) is 14.7. The van der Waals surface area contributed by atoms with Crippen molar-refractivity contribution in [1.82, 2.24) is 0 Å². The van der Waals surface area contributed by atoms with E-state index in [-0.39, 0.29) is 11.8 Å². The zero-order valence-corrected chi connectivity index (χ0v) is 22.0. The molecule has 3 nitrogen and oxygen atoms in total. The molecule has 0 N–H and O–H groups in total. The second kappa shape index (κ2) is 13.3. The molecule has 3 fully saturated rings. The Morgan fingerprint density at radius 1 is 0.788 bits per heavy atom. The van der Waals surface area contributed by atoms with Crippen LogP contribution in [0.1, 0.15) is 136 Å². The van der Waals surface area contributed by atoms with E-state index < -0.39 is 5.41 Å². The molecule has 3 aliphatic rings. The molecule has 0 aromatic rings. The lowest BCUT2D eigenvalue weighted by Gasteiger charge is -2.42. The van der Waals surface area contributed by atoms with E-state index in [0.29, 0.717) is 31.3 Å². The third kappa shape index (κ3) is 7.31. The molecule has 0 aromatic carbocycles. The number of unbranched alkanes of at least 4 members (excludes halogenated alkanes) is 4. The van der Waals surface area contributed by atoms with Crippen molar-refractivity contribution in [1.29, 1.82) is 0 Å². The van der Waals surface area contributed by atoms with Gasteiger partial charge < -0.3 is 4.74 Å². The molecule has 3 heteroatoms. The van der Waals surface area contributed by atoms with E-state index in [2.05, 4.69) is 13.8 Å². The van der Waals surface area contributed by atoms with E-state index >= 15 is 0 Å². The second-order valence-electron chi connectivity index (χ2n) is 12.1. The predicted octanol–water partition coefficient (Wildman–Crippen LogP) is 8.29.